The van der Waals surface area contributed by atoms with E-state index < -0.39 is 12.0 Å². The average molecular weight is 521 g/mol. The molecule has 37 heavy (non-hydrogen) atoms. The van der Waals surface area contributed by atoms with Gasteiger partial charge >= 0.3 is 0 Å². The molecule has 0 atom stereocenters. The van der Waals surface area contributed by atoms with Crippen molar-refractivity contribution in [3.63, 3.8) is 0 Å². The normalized spacial score (nSPS) is 18.1. The molecule has 1 N–H and O–H groups in total. The maximum absolute atomic E-state index is 13.1. The van der Waals surface area contributed by atoms with Crippen LogP contribution in [0.5, 0.6) is 0 Å². The molecule has 5 heterocycles. The number of benzene rings is 1. The molecule has 4 aromatic heterocycles. The Bertz CT molecular complexity index is 1680. The van der Waals surface area contributed by atoms with Crippen molar-refractivity contribution in [2.45, 2.75) is 31.8 Å². The van der Waals surface area contributed by atoms with Crippen LogP contribution in [0.25, 0.3) is 33.9 Å². The first-order valence-electron chi connectivity index (χ1n) is 12.1. The van der Waals surface area contributed by atoms with Gasteiger partial charge in [0.05, 0.1) is 22.6 Å². The lowest BCUT2D eigenvalue weighted by Crippen LogP contribution is -2.70. The molecular weight excluding hydrogens is 498 g/mol. The number of halogens is 3. The van der Waals surface area contributed by atoms with E-state index in [1.54, 1.807) is 16.8 Å². The van der Waals surface area contributed by atoms with E-state index in [4.69, 9.17) is 11.6 Å². The average Bonchev–Trinajstić information content (AvgIpc) is 3.44. The molecule has 188 valence electrons. The van der Waals surface area contributed by atoms with Crippen molar-refractivity contribution >= 4 is 28.6 Å². The highest BCUT2D eigenvalue weighted by Gasteiger charge is 2.63. The fourth-order valence-corrected chi connectivity index (χ4v) is 6.10. The van der Waals surface area contributed by atoms with Gasteiger partial charge in [0.2, 0.25) is 0 Å². The molecule has 1 aromatic carbocycles. The van der Waals surface area contributed by atoms with Crippen molar-refractivity contribution in [1.29, 1.82) is 0 Å². The summed E-state index contributed by atoms with van der Waals surface area (Å²) in [5.41, 5.74) is 4.42. The molecule has 7 rings (SSSR count). The van der Waals surface area contributed by atoms with E-state index in [0.29, 0.717) is 29.6 Å². The standard InChI is InChI=1S/C27H23ClF2N6O/c1-16-2-3-17(24-32-23-6-4-18(28)10-36(23)33-24)8-20(16)21-9-31-22-7-5-19(11-35(21)22)34-14-26(15-34)12-27(37,13-26)25(29)30/h2-11,25,37H,12-15H2,1H3. The van der Waals surface area contributed by atoms with E-state index in [9.17, 15) is 13.9 Å². The molecule has 1 aliphatic carbocycles. The van der Waals surface area contributed by atoms with E-state index in [0.717, 1.165) is 33.7 Å². The minimum absolute atomic E-state index is 0.155. The third kappa shape index (κ3) is 3.52. The summed E-state index contributed by atoms with van der Waals surface area (Å²) in [6, 6.07) is 13.7. The molecule has 0 amide bonds. The number of aliphatic hydroxyl groups is 1. The SMILES string of the molecule is Cc1ccc(-c2nc3ccc(Cl)cn3n2)cc1-c1cnc2ccc(N3CC4(C3)CC(O)(C(F)F)C4)cn12. The van der Waals surface area contributed by atoms with Crippen LogP contribution in [0.15, 0.2) is 61.1 Å². The second kappa shape index (κ2) is 7.72. The third-order valence-electron chi connectivity index (χ3n) is 7.74. The fourth-order valence-electron chi connectivity index (χ4n) is 5.94. The second-order valence-corrected chi connectivity index (χ2v) is 10.9. The lowest BCUT2D eigenvalue weighted by atomic mass is 9.55. The highest BCUT2D eigenvalue weighted by atomic mass is 35.5. The molecule has 1 saturated heterocycles. The zero-order valence-corrected chi connectivity index (χ0v) is 20.7. The van der Waals surface area contributed by atoms with Gasteiger partial charge in [-0.3, -0.25) is 4.40 Å². The predicted molar refractivity (Wildman–Crippen MR) is 137 cm³/mol. The molecule has 10 heteroatoms. The molecule has 2 aliphatic rings. The van der Waals surface area contributed by atoms with Gasteiger partial charge in [0.15, 0.2) is 11.5 Å². The Morgan fingerprint density at radius 1 is 1.03 bits per heavy atom. The van der Waals surface area contributed by atoms with Crippen LogP contribution in [0.1, 0.15) is 18.4 Å². The van der Waals surface area contributed by atoms with E-state index >= 15 is 0 Å². The molecule has 0 unspecified atom stereocenters. The van der Waals surface area contributed by atoms with Gasteiger partial charge in [0, 0.05) is 42.0 Å². The quantitative estimate of drug-likeness (QED) is 0.349. The Kier molecular flexibility index (Phi) is 4.72. The van der Waals surface area contributed by atoms with Gasteiger partial charge in [0.1, 0.15) is 11.2 Å². The van der Waals surface area contributed by atoms with Gasteiger partial charge in [-0.25, -0.2) is 23.3 Å². The molecule has 0 radical (unpaired) electrons. The third-order valence-corrected chi connectivity index (χ3v) is 7.97. The number of hydrogen-bond donors (Lipinski definition) is 1. The first kappa shape index (κ1) is 22.6. The van der Waals surface area contributed by atoms with Crippen LogP contribution in [0.3, 0.4) is 0 Å². The molecule has 7 nitrogen and oxygen atoms in total. The highest BCUT2D eigenvalue weighted by molar-refractivity contribution is 6.30. The van der Waals surface area contributed by atoms with Crippen LogP contribution in [0.4, 0.5) is 14.5 Å². The van der Waals surface area contributed by atoms with E-state index in [-0.39, 0.29) is 18.3 Å². The van der Waals surface area contributed by atoms with Gasteiger partial charge in [-0.1, -0.05) is 23.7 Å². The van der Waals surface area contributed by atoms with Crippen LogP contribution in [0, 0.1) is 12.3 Å². The number of aromatic nitrogens is 5. The first-order chi connectivity index (χ1) is 17.7. The Morgan fingerprint density at radius 3 is 2.59 bits per heavy atom. The fraction of sp³-hybridized carbons (Fsp3) is 0.296. The zero-order valence-electron chi connectivity index (χ0n) is 19.9. The van der Waals surface area contributed by atoms with E-state index in [1.165, 1.54) is 0 Å². The maximum atomic E-state index is 13.1. The molecule has 0 bridgehead atoms. The van der Waals surface area contributed by atoms with Crippen molar-refractivity contribution in [2.75, 3.05) is 18.0 Å². The number of rotatable bonds is 4. The van der Waals surface area contributed by atoms with Crippen LogP contribution in [0.2, 0.25) is 5.02 Å². The van der Waals surface area contributed by atoms with Gasteiger partial charge in [-0.05, 0) is 55.7 Å². The summed E-state index contributed by atoms with van der Waals surface area (Å²) < 4.78 is 29.9. The minimum atomic E-state index is -2.69. The van der Waals surface area contributed by atoms with Crippen molar-refractivity contribution in [2.24, 2.45) is 5.41 Å². The zero-order chi connectivity index (χ0) is 25.5. The number of fused-ring (bicyclic) bond motifs is 2. The van der Waals surface area contributed by atoms with Gasteiger partial charge in [-0.2, -0.15) is 0 Å². The summed E-state index contributed by atoms with van der Waals surface area (Å²) in [4.78, 5) is 11.4. The number of imidazole rings is 1. The Hall–Kier alpha value is -3.56. The molecule has 1 saturated carbocycles. The van der Waals surface area contributed by atoms with Gasteiger partial charge in [0.25, 0.3) is 6.43 Å². The largest absolute Gasteiger partial charge is 0.384 e. The molecule has 1 aliphatic heterocycles. The summed E-state index contributed by atoms with van der Waals surface area (Å²) in [7, 11) is 0. The van der Waals surface area contributed by atoms with Crippen LogP contribution in [-0.2, 0) is 0 Å². The van der Waals surface area contributed by atoms with Crippen molar-refractivity contribution < 1.29 is 13.9 Å². The predicted octanol–water partition coefficient (Wildman–Crippen LogP) is 5.27. The Morgan fingerprint density at radius 2 is 1.81 bits per heavy atom. The lowest BCUT2D eigenvalue weighted by Gasteiger charge is -2.62. The van der Waals surface area contributed by atoms with Crippen molar-refractivity contribution in [3.05, 3.63) is 71.6 Å². The lowest BCUT2D eigenvalue weighted by molar-refractivity contribution is -0.209. The minimum Gasteiger partial charge on any atom is -0.384 e. The number of hydrogen-bond acceptors (Lipinski definition) is 5. The van der Waals surface area contributed by atoms with Crippen molar-refractivity contribution in [1.82, 2.24) is 24.0 Å². The molecule has 1 spiro atoms. The Labute approximate surface area is 216 Å². The smallest absolute Gasteiger partial charge is 0.266 e. The van der Waals surface area contributed by atoms with Crippen molar-refractivity contribution in [3.8, 4) is 22.6 Å². The monoisotopic (exact) mass is 520 g/mol. The topological polar surface area (TPSA) is 71.0 Å². The number of aryl methyl sites for hydroxylation is 1. The molecular formula is C27H23ClF2N6O. The second-order valence-electron chi connectivity index (χ2n) is 10.5. The first-order valence-corrected chi connectivity index (χ1v) is 12.5. The van der Waals surface area contributed by atoms with E-state index in [2.05, 4.69) is 37.4 Å². The molecule has 2 fully saturated rings. The number of nitrogens with zero attached hydrogens (tertiary/aromatic N) is 6. The molecule has 5 aromatic rings. The summed E-state index contributed by atoms with van der Waals surface area (Å²) >= 11 is 6.10. The summed E-state index contributed by atoms with van der Waals surface area (Å²) in [6.45, 7) is 3.38. The van der Waals surface area contributed by atoms with Gasteiger partial charge in [-0.15, -0.1) is 5.10 Å². The highest BCUT2D eigenvalue weighted by Crippen LogP contribution is 2.56. The summed E-state index contributed by atoms with van der Waals surface area (Å²) in [5, 5.41) is 15.2. The summed E-state index contributed by atoms with van der Waals surface area (Å²) in [6.07, 6.45) is 3.24. The van der Waals surface area contributed by atoms with Crippen LogP contribution >= 0.6 is 11.6 Å². The summed E-state index contributed by atoms with van der Waals surface area (Å²) in [5.74, 6) is 0.605. The van der Waals surface area contributed by atoms with Crippen LogP contribution < -0.4 is 4.90 Å². The van der Waals surface area contributed by atoms with Gasteiger partial charge < -0.3 is 10.0 Å². The number of anilines is 1. The Balaban J connectivity index is 1.20. The van der Waals surface area contributed by atoms with E-state index in [1.807, 2.05) is 42.7 Å². The van der Waals surface area contributed by atoms with Crippen LogP contribution in [-0.4, -0.2) is 54.2 Å². The number of alkyl halides is 2. The maximum Gasteiger partial charge on any atom is 0.266 e. The number of pyridine rings is 2.